The molecule has 1 unspecified atom stereocenters. The van der Waals surface area contributed by atoms with Gasteiger partial charge in [0.15, 0.2) is 22.9 Å². The number of benzene rings is 2. The number of rotatable bonds is 7. The van der Waals surface area contributed by atoms with Gasteiger partial charge in [0.1, 0.15) is 11.8 Å². The molecule has 8 nitrogen and oxygen atoms in total. The Morgan fingerprint density at radius 1 is 1.11 bits per heavy atom. The van der Waals surface area contributed by atoms with E-state index in [-0.39, 0.29) is 11.3 Å². The minimum atomic E-state index is -0.969. The van der Waals surface area contributed by atoms with Gasteiger partial charge in [0.25, 0.3) is 5.91 Å². The van der Waals surface area contributed by atoms with E-state index in [2.05, 4.69) is 4.98 Å². The number of pyridine rings is 1. The molecule has 1 atom stereocenters. The molecule has 4 aromatic rings. The number of fused-ring (bicyclic) bond motifs is 1. The minimum absolute atomic E-state index is 0.0234. The number of para-hydroxylation sites is 1. The lowest BCUT2D eigenvalue weighted by Crippen LogP contribution is -2.31. The Labute approximate surface area is 201 Å². The van der Waals surface area contributed by atoms with Crippen LogP contribution in [0.4, 0.5) is 5.69 Å². The van der Waals surface area contributed by atoms with Crippen molar-refractivity contribution in [1.82, 2.24) is 4.98 Å². The summed E-state index contributed by atoms with van der Waals surface area (Å²) in [6.07, 6.45) is 1.57. The number of aliphatic hydroxyl groups excluding tert-OH is 1. The van der Waals surface area contributed by atoms with Gasteiger partial charge in [0.05, 0.1) is 25.0 Å². The second-order valence-corrected chi connectivity index (χ2v) is 7.84. The summed E-state index contributed by atoms with van der Waals surface area (Å²) in [6, 6.07) is 18.0. The summed E-state index contributed by atoms with van der Waals surface area (Å²) >= 11 is 0. The maximum absolute atomic E-state index is 13.7. The van der Waals surface area contributed by atoms with Crippen molar-refractivity contribution in [2.75, 3.05) is 18.6 Å². The number of furan rings is 1. The number of hydrogen-bond donors (Lipinski definition) is 1. The highest BCUT2D eigenvalue weighted by molar-refractivity contribution is 6.20. The maximum atomic E-state index is 13.7. The van der Waals surface area contributed by atoms with E-state index < -0.39 is 23.5 Å². The Morgan fingerprint density at radius 3 is 2.69 bits per heavy atom. The van der Waals surface area contributed by atoms with Gasteiger partial charge >= 0.3 is 0 Å². The number of amides is 1. The Kier molecular flexibility index (Phi) is 5.70. The molecule has 1 amide bonds. The highest BCUT2D eigenvalue weighted by atomic mass is 16.5. The molecule has 8 heteroatoms. The number of ketones is 1. The van der Waals surface area contributed by atoms with E-state index in [0.717, 1.165) is 0 Å². The third-order valence-electron chi connectivity index (χ3n) is 5.78. The Bertz CT molecular complexity index is 1460. The predicted molar refractivity (Wildman–Crippen MR) is 129 cm³/mol. The molecular formula is C27H22N2O6. The Balaban J connectivity index is 1.64. The lowest BCUT2D eigenvalue weighted by Gasteiger charge is -2.26. The van der Waals surface area contributed by atoms with Crippen LogP contribution in [0, 0.1) is 0 Å². The summed E-state index contributed by atoms with van der Waals surface area (Å²) in [6.45, 7) is 2.31. The fourth-order valence-corrected chi connectivity index (χ4v) is 4.25. The van der Waals surface area contributed by atoms with Crippen LogP contribution in [0.3, 0.4) is 0 Å². The van der Waals surface area contributed by atoms with Crippen LogP contribution < -0.4 is 14.4 Å². The first-order valence-corrected chi connectivity index (χ1v) is 11.0. The third kappa shape index (κ3) is 3.78. The highest BCUT2D eigenvalue weighted by Gasteiger charge is 2.46. The zero-order chi connectivity index (χ0) is 24.5. The number of aliphatic hydroxyl groups is 1. The molecule has 2 aromatic heterocycles. The number of hydrogen-bond acceptors (Lipinski definition) is 7. The Morgan fingerprint density at radius 2 is 1.94 bits per heavy atom. The lowest BCUT2D eigenvalue weighted by atomic mass is 9.98. The second kappa shape index (κ2) is 8.98. The standard InChI is InChI=1S/C27H22N2O6/c1-3-34-18-10-7-9-17(15-18)29-23(19-11-4-5-13-28-19)22(25(31)27(29)32)24(30)21-14-16-8-6-12-20(33-2)26(16)35-21/h4-15,23,31H,3H2,1-2H3. The van der Waals surface area contributed by atoms with Crippen molar-refractivity contribution in [2.24, 2.45) is 0 Å². The molecule has 0 radical (unpaired) electrons. The van der Waals surface area contributed by atoms with Gasteiger partial charge in [-0.15, -0.1) is 0 Å². The van der Waals surface area contributed by atoms with Gasteiger partial charge < -0.3 is 19.0 Å². The fraction of sp³-hybridized carbons (Fsp3) is 0.148. The monoisotopic (exact) mass is 470 g/mol. The van der Waals surface area contributed by atoms with E-state index in [0.29, 0.717) is 40.5 Å². The van der Waals surface area contributed by atoms with Crippen molar-refractivity contribution in [2.45, 2.75) is 13.0 Å². The van der Waals surface area contributed by atoms with Crippen LogP contribution in [0.15, 0.2) is 88.7 Å². The molecule has 0 saturated carbocycles. The van der Waals surface area contributed by atoms with Crippen LogP contribution in [-0.2, 0) is 4.79 Å². The summed E-state index contributed by atoms with van der Waals surface area (Å²) in [5, 5.41) is 11.6. The maximum Gasteiger partial charge on any atom is 0.294 e. The van der Waals surface area contributed by atoms with Crippen LogP contribution in [0.5, 0.6) is 11.5 Å². The molecule has 1 aliphatic rings. The van der Waals surface area contributed by atoms with E-state index in [4.69, 9.17) is 13.9 Å². The van der Waals surface area contributed by atoms with Crippen molar-refractivity contribution >= 4 is 28.3 Å². The SMILES string of the molecule is CCOc1cccc(N2C(=O)C(O)=C(C(=O)c3cc4cccc(OC)c4o3)C2c2ccccn2)c1. The number of nitrogens with zero attached hydrogens (tertiary/aromatic N) is 2. The molecule has 1 N–H and O–H groups in total. The normalized spacial score (nSPS) is 15.7. The van der Waals surface area contributed by atoms with Crippen molar-refractivity contribution < 1.29 is 28.6 Å². The first-order chi connectivity index (χ1) is 17.0. The van der Waals surface area contributed by atoms with Crippen molar-refractivity contribution in [3.05, 3.63) is 95.7 Å². The first-order valence-electron chi connectivity index (χ1n) is 11.0. The molecule has 0 saturated heterocycles. The largest absolute Gasteiger partial charge is 0.503 e. The molecule has 0 bridgehead atoms. The number of anilines is 1. The summed E-state index contributed by atoms with van der Waals surface area (Å²) in [5.41, 5.74) is 1.16. The highest BCUT2D eigenvalue weighted by Crippen LogP contribution is 2.42. The smallest absolute Gasteiger partial charge is 0.294 e. The van der Waals surface area contributed by atoms with Crippen molar-refractivity contribution in [3.8, 4) is 11.5 Å². The average molecular weight is 470 g/mol. The summed E-state index contributed by atoms with van der Waals surface area (Å²) < 4.78 is 16.7. The van der Waals surface area contributed by atoms with Crippen LogP contribution >= 0.6 is 0 Å². The number of aromatic nitrogens is 1. The molecule has 2 aromatic carbocycles. The molecule has 0 fully saturated rings. The van der Waals surface area contributed by atoms with Crippen LogP contribution in [0.2, 0.25) is 0 Å². The van der Waals surface area contributed by atoms with Gasteiger partial charge in [-0.05, 0) is 43.3 Å². The van der Waals surface area contributed by atoms with Crippen LogP contribution in [0.1, 0.15) is 29.2 Å². The molecule has 176 valence electrons. The van der Waals surface area contributed by atoms with Crippen LogP contribution in [0.25, 0.3) is 11.0 Å². The topological polar surface area (TPSA) is 102 Å². The van der Waals surface area contributed by atoms with E-state index in [1.54, 1.807) is 72.9 Å². The van der Waals surface area contributed by atoms with Gasteiger partial charge in [-0.3, -0.25) is 19.5 Å². The van der Waals surface area contributed by atoms with Gasteiger partial charge in [0, 0.05) is 23.3 Å². The number of Topliss-reactive ketones (excluding diaryl/α,β-unsaturated/α-hetero) is 1. The van der Waals surface area contributed by atoms with Gasteiger partial charge in [-0.1, -0.05) is 24.3 Å². The Hall–Kier alpha value is -4.59. The summed E-state index contributed by atoms with van der Waals surface area (Å²) in [4.78, 5) is 32.8. The predicted octanol–water partition coefficient (Wildman–Crippen LogP) is 5.02. The van der Waals surface area contributed by atoms with Crippen LogP contribution in [-0.4, -0.2) is 35.5 Å². The number of methoxy groups -OCH3 is 1. The third-order valence-corrected chi connectivity index (χ3v) is 5.78. The average Bonchev–Trinajstić information content (AvgIpc) is 3.44. The number of ether oxygens (including phenoxy) is 2. The number of carbonyl (C=O) groups excluding carboxylic acids is 2. The first kappa shape index (κ1) is 22.2. The van der Waals surface area contributed by atoms with Crippen molar-refractivity contribution in [1.29, 1.82) is 0 Å². The fourth-order valence-electron chi connectivity index (χ4n) is 4.25. The molecule has 3 heterocycles. The van der Waals surface area contributed by atoms with E-state index >= 15 is 0 Å². The lowest BCUT2D eigenvalue weighted by molar-refractivity contribution is -0.117. The van der Waals surface area contributed by atoms with E-state index in [1.165, 1.54) is 12.0 Å². The molecule has 1 aliphatic heterocycles. The minimum Gasteiger partial charge on any atom is -0.503 e. The molecule has 5 rings (SSSR count). The zero-order valence-electron chi connectivity index (χ0n) is 19.1. The van der Waals surface area contributed by atoms with E-state index in [9.17, 15) is 14.7 Å². The van der Waals surface area contributed by atoms with Gasteiger partial charge in [-0.2, -0.15) is 0 Å². The van der Waals surface area contributed by atoms with E-state index in [1.807, 2.05) is 6.92 Å². The molecular weight excluding hydrogens is 448 g/mol. The summed E-state index contributed by atoms with van der Waals surface area (Å²) in [5.74, 6) is -0.983. The summed E-state index contributed by atoms with van der Waals surface area (Å²) in [7, 11) is 1.51. The molecule has 0 aliphatic carbocycles. The molecule has 0 spiro atoms. The number of carbonyl (C=O) groups is 2. The second-order valence-electron chi connectivity index (χ2n) is 7.84. The quantitative estimate of drug-likeness (QED) is 0.379. The molecule has 35 heavy (non-hydrogen) atoms. The van der Waals surface area contributed by atoms with Gasteiger partial charge in [-0.25, -0.2) is 0 Å². The van der Waals surface area contributed by atoms with Gasteiger partial charge in [0.2, 0.25) is 5.78 Å². The van der Waals surface area contributed by atoms with Crippen molar-refractivity contribution in [3.63, 3.8) is 0 Å². The zero-order valence-corrected chi connectivity index (χ0v) is 19.1.